The topological polar surface area (TPSA) is 72.3 Å². The van der Waals surface area contributed by atoms with Crippen LogP contribution in [0.25, 0.3) is 11.4 Å². The van der Waals surface area contributed by atoms with E-state index in [0.717, 1.165) is 6.07 Å². The van der Waals surface area contributed by atoms with E-state index in [1.807, 2.05) is 6.92 Å². The van der Waals surface area contributed by atoms with Crippen LogP contribution < -0.4 is 4.74 Å². The highest BCUT2D eigenvalue weighted by Gasteiger charge is 2.35. The molecule has 0 aliphatic rings. The molecule has 0 spiro atoms. The number of rotatable bonds is 6. The van der Waals surface area contributed by atoms with Gasteiger partial charge in [0, 0.05) is 23.5 Å². The third-order valence-corrected chi connectivity index (χ3v) is 3.55. The monoisotopic (exact) mass is 354 g/mol. The van der Waals surface area contributed by atoms with Crippen LogP contribution in [-0.4, -0.2) is 27.7 Å². The van der Waals surface area contributed by atoms with Gasteiger partial charge in [0.2, 0.25) is 0 Å². The zero-order valence-electron chi connectivity index (χ0n) is 13.7. The number of carboxylic acids is 1. The number of ether oxygens (including phenoxy) is 1. The zero-order valence-corrected chi connectivity index (χ0v) is 13.7. The van der Waals surface area contributed by atoms with Crippen molar-refractivity contribution in [3.8, 4) is 17.1 Å². The van der Waals surface area contributed by atoms with Gasteiger partial charge < -0.3 is 9.84 Å². The molecule has 1 unspecified atom stereocenters. The van der Waals surface area contributed by atoms with E-state index in [2.05, 4.69) is 9.97 Å². The first-order valence-electron chi connectivity index (χ1n) is 7.63. The normalized spacial score (nSPS) is 12.7. The van der Waals surface area contributed by atoms with Gasteiger partial charge in [0.1, 0.15) is 5.75 Å². The minimum Gasteiger partial charge on any atom is -0.494 e. The SMILES string of the molecule is CCCOc1ccc(-c2ncc(C(C)C(=O)O)cn2)c(C(F)(F)F)c1. The predicted molar refractivity (Wildman–Crippen MR) is 84.3 cm³/mol. The van der Waals surface area contributed by atoms with Gasteiger partial charge in [0.25, 0.3) is 0 Å². The van der Waals surface area contributed by atoms with Crippen molar-refractivity contribution in [2.75, 3.05) is 6.61 Å². The Labute approximate surface area is 142 Å². The highest BCUT2D eigenvalue weighted by atomic mass is 19.4. The summed E-state index contributed by atoms with van der Waals surface area (Å²) in [7, 11) is 0. The molecular weight excluding hydrogens is 337 g/mol. The fraction of sp³-hybridized carbons (Fsp3) is 0.353. The van der Waals surface area contributed by atoms with Crippen molar-refractivity contribution >= 4 is 5.97 Å². The molecule has 0 saturated carbocycles. The van der Waals surface area contributed by atoms with Crippen LogP contribution in [0.5, 0.6) is 5.75 Å². The second-order valence-corrected chi connectivity index (χ2v) is 5.45. The van der Waals surface area contributed by atoms with Crippen LogP contribution >= 0.6 is 0 Å². The molecule has 1 heterocycles. The Morgan fingerprint density at radius 1 is 1.28 bits per heavy atom. The van der Waals surface area contributed by atoms with Crippen LogP contribution in [0.3, 0.4) is 0 Å². The summed E-state index contributed by atoms with van der Waals surface area (Å²) in [6.45, 7) is 3.61. The zero-order chi connectivity index (χ0) is 18.6. The maximum absolute atomic E-state index is 13.4. The summed E-state index contributed by atoms with van der Waals surface area (Å²) < 4.78 is 45.3. The molecule has 1 atom stereocenters. The second kappa shape index (κ2) is 7.50. The summed E-state index contributed by atoms with van der Waals surface area (Å²) in [6.07, 6.45) is -1.47. The largest absolute Gasteiger partial charge is 0.494 e. The lowest BCUT2D eigenvalue weighted by atomic mass is 10.0. The van der Waals surface area contributed by atoms with E-state index in [1.54, 1.807) is 0 Å². The Morgan fingerprint density at radius 3 is 2.44 bits per heavy atom. The molecular formula is C17H17F3N2O3. The molecule has 25 heavy (non-hydrogen) atoms. The lowest BCUT2D eigenvalue weighted by Gasteiger charge is -2.14. The molecule has 0 saturated heterocycles. The lowest BCUT2D eigenvalue weighted by molar-refractivity contribution is -0.138. The molecule has 1 aromatic carbocycles. The molecule has 0 fully saturated rings. The predicted octanol–water partition coefficient (Wildman–Crippen LogP) is 4.14. The Hall–Kier alpha value is -2.64. The summed E-state index contributed by atoms with van der Waals surface area (Å²) in [5.41, 5.74) is -0.779. The van der Waals surface area contributed by atoms with Crippen LogP contribution in [-0.2, 0) is 11.0 Å². The standard InChI is InChI=1S/C17H17F3N2O3/c1-3-6-25-12-4-5-13(14(7-12)17(18,19)20)15-21-8-11(9-22-15)10(2)16(23)24/h4-5,7-10H,3,6H2,1-2H3,(H,23,24). The summed E-state index contributed by atoms with van der Waals surface area (Å²) >= 11 is 0. The molecule has 1 N–H and O–H groups in total. The molecule has 134 valence electrons. The Kier molecular flexibility index (Phi) is 5.61. The Balaban J connectivity index is 2.42. The number of alkyl halides is 3. The highest BCUT2D eigenvalue weighted by Crippen LogP contribution is 2.38. The van der Waals surface area contributed by atoms with E-state index in [9.17, 15) is 18.0 Å². The molecule has 2 aromatic rings. The van der Waals surface area contributed by atoms with Gasteiger partial charge in [-0.3, -0.25) is 4.79 Å². The van der Waals surface area contributed by atoms with Crippen molar-refractivity contribution in [3.05, 3.63) is 41.7 Å². The van der Waals surface area contributed by atoms with E-state index >= 15 is 0 Å². The summed E-state index contributed by atoms with van der Waals surface area (Å²) in [5, 5.41) is 8.96. The molecule has 0 aliphatic heterocycles. The lowest BCUT2D eigenvalue weighted by Crippen LogP contribution is -2.11. The van der Waals surface area contributed by atoms with Crippen molar-refractivity contribution in [2.24, 2.45) is 0 Å². The van der Waals surface area contributed by atoms with Gasteiger partial charge in [-0.25, -0.2) is 9.97 Å². The average Bonchev–Trinajstić information content (AvgIpc) is 2.58. The molecule has 5 nitrogen and oxygen atoms in total. The third-order valence-electron chi connectivity index (χ3n) is 3.55. The van der Waals surface area contributed by atoms with Crippen molar-refractivity contribution in [1.82, 2.24) is 9.97 Å². The van der Waals surface area contributed by atoms with Crippen LogP contribution in [0.4, 0.5) is 13.2 Å². The van der Waals surface area contributed by atoms with Gasteiger partial charge in [0.05, 0.1) is 18.1 Å². The molecule has 8 heteroatoms. The fourth-order valence-corrected chi connectivity index (χ4v) is 2.11. The van der Waals surface area contributed by atoms with Crippen molar-refractivity contribution in [1.29, 1.82) is 0 Å². The van der Waals surface area contributed by atoms with Gasteiger partial charge in [-0.1, -0.05) is 6.92 Å². The van der Waals surface area contributed by atoms with Gasteiger partial charge in [-0.05, 0) is 31.5 Å². The van der Waals surface area contributed by atoms with Gasteiger partial charge >= 0.3 is 12.1 Å². The van der Waals surface area contributed by atoms with Crippen LogP contribution in [0.1, 0.15) is 37.3 Å². The smallest absolute Gasteiger partial charge is 0.417 e. The number of hydrogen-bond donors (Lipinski definition) is 1. The molecule has 0 radical (unpaired) electrons. The number of carboxylic acid groups (broad SMARTS) is 1. The van der Waals surface area contributed by atoms with E-state index < -0.39 is 23.6 Å². The van der Waals surface area contributed by atoms with Gasteiger partial charge in [-0.2, -0.15) is 13.2 Å². The van der Waals surface area contributed by atoms with Crippen molar-refractivity contribution in [2.45, 2.75) is 32.4 Å². The Bertz CT molecular complexity index is 746. The number of nitrogens with zero attached hydrogens (tertiary/aromatic N) is 2. The fourth-order valence-electron chi connectivity index (χ4n) is 2.11. The average molecular weight is 354 g/mol. The minimum atomic E-state index is -4.60. The first-order chi connectivity index (χ1) is 11.7. The minimum absolute atomic E-state index is 0.119. The van der Waals surface area contributed by atoms with Crippen LogP contribution in [0.15, 0.2) is 30.6 Å². The second-order valence-electron chi connectivity index (χ2n) is 5.45. The molecule has 2 rings (SSSR count). The maximum atomic E-state index is 13.4. The van der Waals surface area contributed by atoms with E-state index in [4.69, 9.17) is 9.84 Å². The van der Waals surface area contributed by atoms with Gasteiger partial charge in [0.15, 0.2) is 5.82 Å². The number of benzene rings is 1. The van der Waals surface area contributed by atoms with Crippen LogP contribution in [0, 0.1) is 0 Å². The van der Waals surface area contributed by atoms with Gasteiger partial charge in [-0.15, -0.1) is 0 Å². The van der Waals surface area contributed by atoms with E-state index in [0.29, 0.717) is 18.6 Å². The van der Waals surface area contributed by atoms with Crippen molar-refractivity contribution in [3.63, 3.8) is 0 Å². The first kappa shape index (κ1) is 18.7. The quantitative estimate of drug-likeness (QED) is 0.844. The molecule has 1 aromatic heterocycles. The highest BCUT2D eigenvalue weighted by molar-refractivity contribution is 5.75. The molecule has 0 amide bonds. The number of aromatic nitrogens is 2. The number of aliphatic carboxylic acids is 1. The molecule has 0 aliphatic carbocycles. The third kappa shape index (κ3) is 4.46. The Morgan fingerprint density at radius 2 is 1.92 bits per heavy atom. The number of hydrogen-bond acceptors (Lipinski definition) is 4. The van der Waals surface area contributed by atoms with Crippen molar-refractivity contribution < 1.29 is 27.8 Å². The molecule has 0 bridgehead atoms. The first-order valence-corrected chi connectivity index (χ1v) is 7.63. The van der Waals surface area contributed by atoms with E-state index in [1.165, 1.54) is 31.5 Å². The summed E-state index contributed by atoms with van der Waals surface area (Å²) in [6, 6.07) is 3.60. The maximum Gasteiger partial charge on any atom is 0.417 e. The summed E-state index contributed by atoms with van der Waals surface area (Å²) in [4.78, 5) is 18.8. The van der Waals surface area contributed by atoms with Crippen LogP contribution in [0.2, 0.25) is 0 Å². The summed E-state index contributed by atoms with van der Waals surface area (Å²) in [5.74, 6) is -1.92. The number of carbonyl (C=O) groups is 1. The number of halogens is 3. The van der Waals surface area contributed by atoms with E-state index in [-0.39, 0.29) is 17.1 Å².